The number of aromatic hydroxyl groups is 1. The second-order valence-electron chi connectivity index (χ2n) is 7.57. The first-order valence-corrected chi connectivity index (χ1v) is 10.9. The van der Waals surface area contributed by atoms with Gasteiger partial charge in [0.25, 0.3) is 5.56 Å². The largest absolute Gasteiger partial charge is 0.494 e. The SMILES string of the molecule is CN1CCN(NC(=O)Nc2ccc(N=Cc3c(O)[nH]c(=O)c4ccc(Br)cc34)cc2)CC1. The Morgan fingerprint density at radius 2 is 1.84 bits per heavy atom. The van der Waals surface area contributed by atoms with E-state index in [-0.39, 0.29) is 17.5 Å². The van der Waals surface area contributed by atoms with Gasteiger partial charge in [-0.15, -0.1) is 0 Å². The molecule has 32 heavy (non-hydrogen) atoms. The van der Waals surface area contributed by atoms with Crippen LogP contribution >= 0.6 is 15.9 Å². The maximum atomic E-state index is 12.2. The van der Waals surface area contributed by atoms with Crippen molar-refractivity contribution in [2.24, 2.45) is 4.99 Å². The van der Waals surface area contributed by atoms with Crippen LogP contribution in [0.25, 0.3) is 10.8 Å². The number of amides is 2. The Bertz CT molecular complexity index is 1220. The number of hydrogen-bond acceptors (Lipinski definition) is 6. The Morgan fingerprint density at radius 1 is 1.12 bits per heavy atom. The molecule has 1 aliphatic rings. The van der Waals surface area contributed by atoms with E-state index in [2.05, 4.69) is 48.6 Å². The van der Waals surface area contributed by atoms with E-state index in [4.69, 9.17) is 0 Å². The average molecular weight is 499 g/mol. The van der Waals surface area contributed by atoms with Crippen molar-refractivity contribution in [3.63, 3.8) is 0 Å². The minimum absolute atomic E-state index is 0.247. The molecule has 1 fully saturated rings. The first-order chi connectivity index (χ1) is 15.4. The number of hydrazine groups is 1. The summed E-state index contributed by atoms with van der Waals surface area (Å²) in [6.07, 6.45) is 1.50. The Hall–Kier alpha value is -3.21. The van der Waals surface area contributed by atoms with Crippen molar-refractivity contribution in [2.75, 3.05) is 38.5 Å². The zero-order valence-corrected chi connectivity index (χ0v) is 19.0. The summed E-state index contributed by atoms with van der Waals surface area (Å²) in [6.45, 7) is 3.37. The van der Waals surface area contributed by atoms with Crippen LogP contribution in [0.1, 0.15) is 5.56 Å². The van der Waals surface area contributed by atoms with Gasteiger partial charge in [0, 0.05) is 53.3 Å². The number of likely N-dealkylation sites (N-methyl/N-ethyl adjacent to an activating group) is 1. The van der Waals surface area contributed by atoms with Gasteiger partial charge in [-0.2, -0.15) is 0 Å². The third-order valence-electron chi connectivity index (χ3n) is 5.23. The van der Waals surface area contributed by atoms with Crippen molar-refractivity contribution in [3.05, 3.63) is 62.9 Å². The van der Waals surface area contributed by atoms with Crippen molar-refractivity contribution >= 4 is 50.3 Å². The molecule has 2 amide bonds. The highest BCUT2D eigenvalue weighted by Gasteiger charge is 2.15. The first-order valence-electron chi connectivity index (χ1n) is 10.1. The molecular weight excluding hydrogens is 476 g/mol. The third kappa shape index (κ3) is 5.16. The van der Waals surface area contributed by atoms with E-state index < -0.39 is 0 Å². The van der Waals surface area contributed by atoms with Gasteiger partial charge < -0.3 is 15.3 Å². The number of fused-ring (bicyclic) bond motifs is 1. The minimum atomic E-state index is -0.368. The summed E-state index contributed by atoms with van der Waals surface area (Å²) in [4.78, 5) is 33.3. The zero-order valence-electron chi connectivity index (χ0n) is 17.4. The molecule has 1 aliphatic heterocycles. The van der Waals surface area contributed by atoms with Gasteiger partial charge in [0.2, 0.25) is 5.88 Å². The Kier molecular flexibility index (Phi) is 6.54. The molecule has 4 N–H and O–H groups in total. The van der Waals surface area contributed by atoms with E-state index in [1.807, 2.05) is 5.01 Å². The van der Waals surface area contributed by atoms with Gasteiger partial charge in [-0.3, -0.25) is 20.2 Å². The number of aromatic nitrogens is 1. The van der Waals surface area contributed by atoms with E-state index in [1.165, 1.54) is 6.21 Å². The lowest BCUT2D eigenvalue weighted by Crippen LogP contribution is -2.53. The second-order valence-corrected chi connectivity index (χ2v) is 8.48. The molecule has 0 spiro atoms. The molecule has 0 atom stereocenters. The monoisotopic (exact) mass is 498 g/mol. The van der Waals surface area contributed by atoms with Crippen molar-refractivity contribution in [1.82, 2.24) is 20.3 Å². The van der Waals surface area contributed by atoms with Gasteiger partial charge in [-0.25, -0.2) is 9.80 Å². The van der Waals surface area contributed by atoms with Crippen LogP contribution in [0.4, 0.5) is 16.2 Å². The standard InChI is InChI=1S/C22H23BrN6O3/c1-28-8-10-29(11-9-28)27-22(32)25-16-5-3-15(4-6-16)24-13-19-18-12-14(23)2-7-17(18)20(30)26-21(19)31/h2-7,12-13H,8-11H2,1H3,(H2,25,27,32)(H2,26,30,31). The molecule has 2 heterocycles. The number of aromatic amines is 1. The van der Waals surface area contributed by atoms with Crippen LogP contribution in [0.2, 0.25) is 0 Å². The van der Waals surface area contributed by atoms with Gasteiger partial charge >= 0.3 is 6.03 Å². The number of piperazine rings is 1. The van der Waals surface area contributed by atoms with Crippen molar-refractivity contribution < 1.29 is 9.90 Å². The molecule has 1 aromatic heterocycles. The number of aliphatic imine (C=N–C) groups is 1. The summed E-state index contributed by atoms with van der Waals surface area (Å²) in [5.74, 6) is -0.247. The normalized spacial score (nSPS) is 15.3. The van der Waals surface area contributed by atoms with Crippen molar-refractivity contribution in [2.45, 2.75) is 0 Å². The fraction of sp³-hybridized carbons (Fsp3) is 0.227. The number of hydrogen-bond donors (Lipinski definition) is 4. The molecule has 9 nitrogen and oxygen atoms in total. The average Bonchev–Trinajstić information content (AvgIpc) is 2.76. The Morgan fingerprint density at radius 3 is 2.56 bits per heavy atom. The van der Waals surface area contributed by atoms with Gasteiger partial charge in [0.15, 0.2) is 0 Å². The fourth-order valence-electron chi connectivity index (χ4n) is 3.43. The number of carbonyl (C=O) groups excluding carboxylic acids is 1. The van der Waals surface area contributed by atoms with E-state index in [1.54, 1.807) is 42.5 Å². The number of rotatable bonds is 4. The highest BCUT2D eigenvalue weighted by molar-refractivity contribution is 9.10. The number of carbonyl (C=O) groups is 1. The van der Waals surface area contributed by atoms with E-state index >= 15 is 0 Å². The van der Waals surface area contributed by atoms with Crippen molar-refractivity contribution in [1.29, 1.82) is 0 Å². The molecule has 0 bridgehead atoms. The topological polar surface area (TPSA) is 113 Å². The summed E-state index contributed by atoms with van der Waals surface area (Å²) in [5, 5.41) is 16.0. The van der Waals surface area contributed by atoms with Crippen LogP contribution in [0, 0.1) is 0 Å². The first kappa shape index (κ1) is 22.0. The number of H-pyrrole nitrogens is 1. The van der Waals surface area contributed by atoms with Gasteiger partial charge in [-0.05, 0) is 49.5 Å². The maximum Gasteiger partial charge on any atom is 0.333 e. The molecule has 2 aromatic carbocycles. The zero-order chi connectivity index (χ0) is 22.7. The number of anilines is 1. The number of nitrogens with zero attached hydrogens (tertiary/aromatic N) is 3. The van der Waals surface area contributed by atoms with Gasteiger partial charge in [0.05, 0.1) is 11.3 Å². The van der Waals surface area contributed by atoms with Crippen molar-refractivity contribution in [3.8, 4) is 5.88 Å². The molecule has 166 valence electrons. The highest BCUT2D eigenvalue weighted by Crippen LogP contribution is 2.25. The lowest BCUT2D eigenvalue weighted by atomic mass is 10.1. The molecule has 0 saturated carbocycles. The lowest BCUT2D eigenvalue weighted by molar-refractivity contribution is 0.116. The summed E-state index contributed by atoms with van der Waals surface area (Å²) in [6, 6.07) is 11.9. The number of halogens is 1. The van der Waals surface area contributed by atoms with E-state index in [0.717, 1.165) is 30.7 Å². The van der Waals surface area contributed by atoms with Crippen LogP contribution in [0.3, 0.4) is 0 Å². The quantitative estimate of drug-likeness (QED) is 0.413. The summed E-state index contributed by atoms with van der Waals surface area (Å²) < 4.78 is 0.787. The molecule has 0 unspecified atom stereocenters. The van der Waals surface area contributed by atoms with Gasteiger partial charge in [0.1, 0.15) is 0 Å². The number of nitrogens with one attached hydrogen (secondary N) is 3. The van der Waals surface area contributed by atoms with E-state index in [0.29, 0.717) is 27.7 Å². The molecule has 4 rings (SSSR count). The Labute approximate surface area is 192 Å². The van der Waals surface area contributed by atoms with Crippen LogP contribution in [-0.4, -0.2) is 65.5 Å². The summed E-state index contributed by atoms with van der Waals surface area (Å²) in [7, 11) is 2.06. The molecule has 10 heteroatoms. The molecular formula is C22H23BrN6O3. The minimum Gasteiger partial charge on any atom is -0.494 e. The van der Waals surface area contributed by atoms with Crippen LogP contribution in [0.15, 0.2) is 56.7 Å². The number of urea groups is 1. The summed E-state index contributed by atoms with van der Waals surface area (Å²) >= 11 is 3.39. The predicted molar refractivity (Wildman–Crippen MR) is 129 cm³/mol. The summed E-state index contributed by atoms with van der Waals surface area (Å²) in [5.41, 5.74) is 4.16. The smallest absolute Gasteiger partial charge is 0.333 e. The third-order valence-corrected chi connectivity index (χ3v) is 5.73. The number of benzene rings is 2. The maximum absolute atomic E-state index is 12.2. The van der Waals surface area contributed by atoms with Crippen LogP contribution in [-0.2, 0) is 0 Å². The van der Waals surface area contributed by atoms with Crippen LogP contribution in [0.5, 0.6) is 5.88 Å². The Balaban J connectivity index is 1.44. The molecule has 0 aliphatic carbocycles. The van der Waals surface area contributed by atoms with E-state index in [9.17, 15) is 14.7 Å². The predicted octanol–water partition coefficient (Wildman–Crippen LogP) is 3.03. The lowest BCUT2D eigenvalue weighted by Gasteiger charge is -2.32. The fourth-order valence-corrected chi connectivity index (χ4v) is 3.79. The van der Waals surface area contributed by atoms with Gasteiger partial charge in [-0.1, -0.05) is 15.9 Å². The second kappa shape index (κ2) is 9.51. The molecule has 1 saturated heterocycles. The molecule has 0 radical (unpaired) electrons. The van der Waals surface area contributed by atoms with Crippen LogP contribution < -0.4 is 16.3 Å². The number of pyridine rings is 1. The molecule has 3 aromatic rings. The highest BCUT2D eigenvalue weighted by atomic mass is 79.9.